The van der Waals surface area contributed by atoms with Crippen molar-refractivity contribution >= 4 is 28.8 Å². The number of carbonyl (C=O) groups is 1. The van der Waals surface area contributed by atoms with Crippen molar-refractivity contribution < 1.29 is 4.79 Å². The molecule has 0 radical (unpaired) electrons. The van der Waals surface area contributed by atoms with E-state index in [4.69, 9.17) is 11.6 Å². The number of nitrogens with zero attached hydrogens (tertiary/aromatic N) is 2. The Kier molecular flexibility index (Phi) is 5.11. The Labute approximate surface area is 127 Å². The summed E-state index contributed by atoms with van der Waals surface area (Å²) in [5.74, 6) is -0.0486. The molecule has 0 saturated carbocycles. The first kappa shape index (κ1) is 15.0. The second-order valence-corrected chi connectivity index (χ2v) is 5.98. The maximum Gasteiger partial charge on any atom is 0.242 e. The number of rotatable bonds is 5. The molecule has 106 valence electrons. The Bertz CT molecular complexity index is 554. The largest absolute Gasteiger partial charge is 0.348 e. The van der Waals surface area contributed by atoms with Crippen molar-refractivity contribution in [3.63, 3.8) is 0 Å². The molecule has 1 N–H and O–H groups in total. The van der Waals surface area contributed by atoms with Gasteiger partial charge in [-0.2, -0.15) is 0 Å². The fraction of sp³-hybridized carbons (Fsp3) is 0.286. The number of hydrogen-bond acceptors (Lipinski definition) is 4. The summed E-state index contributed by atoms with van der Waals surface area (Å²) in [4.78, 5) is 18.4. The van der Waals surface area contributed by atoms with Crippen LogP contribution in [0.15, 0.2) is 35.8 Å². The predicted molar refractivity (Wildman–Crippen MR) is 81.8 cm³/mol. The van der Waals surface area contributed by atoms with Crippen LogP contribution < -0.4 is 5.32 Å². The van der Waals surface area contributed by atoms with E-state index in [1.165, 1.54) is 11.3 Å². The number of aromatic nitrogens is 1. The van der Waals surface area contributed by atoms with Gasteiger partial charge in [0.25, 0.3) is 0 Å². The molecule has 1 atom stereocenters. The molecule has 0 bridgehead atoms. The van der Waals surface area contributed by atoms with Crippen LogP contribution in [-0.2, 0) is 11.3 Å². The van der Waals surface area contributed by atoms with Crippen molar-refractivity contribution in [2.24, 2.45) is 0 Å². The normalized spacial score (nSPS) is 12.4. The Morgan fingerprint density at radius 2 is 2.10 bits per heavy atom. The Hall–Kier alpha value is -1.43. The maximum atomic E-state index is 12.4. The SMILES string of the molecule is CN(C)C(C(=O)NCc1nccs1)c1ccc(Cl)cc1. The number of thiazole rings is 1. The molecular weight excluding hydrogens is 294 g/mol. The van der Waals surface area contributed by atoms with E-state index in [0.717, 1.165) is 10.6 Å². The van der Waals surface area contributed by atoms with Crippen molar-refractivity contribution in [3.8, 4) is 0 Å². The summed E-state index contributed by atoms with van der Waals surface area (Å²) in [6.45, 7) is 0.453. The van der Waals surface area contributed by atoms with Crippen LogP contribution in [0.4, 0.5) is 0 Å². The molecule has 0 aliphatic heterocycles. The molecule has 0 aliphatic carbocycles. The van der Waals surface area contributed by atoms with E-state index in [2.05, 4.69) is 10.3 Å². The number of hydrogen-bond donors (Lipinski definition) is 1. The average molecular weight is 310 g/mol. The van der Waals surface area contributed by atoms with Crippen LogP contribution >= 0.6 is 22.9 Å². The van der Waals surface area contributed by atoms with E-state index in [1.54, 1.807) is 18.3 Å². The highest BCUT2D eigenvalue weighted by Crippen LogP contribution is 2.21. The molecule has 1 aromatic heterocycles. The van der Waals surface area contributed by atoms with Gasteiger partial charge in [0.1, 0.15) is 11.0 Å². The van der Waals surface area contributed by atoms with Gasteiger partial charge in [-0.3, -0.25) is 9.69 Å². The highest BCUT2D eigenvalue weighted by atomic mass is 35.5. The molecule has 0 spiro atoms. The quantitative estimate of drug-likeness (QED) is 0.923. The summed E-state index contributed by atoms with van der Waals surface area (Å²) < 4.78 is 0. The zero-order valence-corrected chi connectivity index (χ0v) is 12.9. The molecule has 0 saturated heterocycles. The maximum absolute atomic E-state index is 12.4. The van der Waals surface area contributed by atoms with Crippen LogP contribution in [0.1, 0.15) is 16.6 Å². The lowest BCUT2D eigenvalue weighted by Crippen LogP contribution is -2.36. The van der Waals surface area contributed by atoms with Gasteiger partial charge in [-0.05, 0) is 31.8 Å². The fourth-order valence-corrected chi connectivity index (χ4v) is 2.61. The standard InChI is InChI=1S/C14H16ClN3OS/c1-18(2)13(10-3-5-11(15)6-4-10)14(19)17-9-12-16-7-8-20-12/h3-8,13H,9H2,1-2H3,(H,17,19). The van der Waals surface area contributed by atoms with Gasteiger partial charge >= 0.3 is 0 Å². The molecule has 0 fully saturated rings. The third-order valence-electron chi connectivity index (χ3n) is 2.85. The van der Waals surface area contributed by atoms with E-state index in [1.807, 2.05) is 36.5 Å². The van der Waals surface area contributed by atoms with Gasteiger partial charge in [0, 0.05) is 16.6 Å². The summed E-state index contributed by atoms with van der Waals surface area (Å²) in [5, 5.41) is 6.36. The average Bonchev–Trinajstić information content (AvgIpc) is 2.92. The first-order chi connectivity index (χ1) is 9.58. The molecule has 1 amide bonds. The second kappa shape index (κ2) is 6.83. The Morgan fingerprint density at radius 3 is 2.65 bits per heavy atom. The zero-order valence-electron chi connectivity index (χ0n) is 11.3. The minimum Gasteiger partial charge on any atom is -0.348 e. The van der Waals surface area contributed by atoms with Gasteiger partial charge in [0.2, 0.25) is 5.91 Å². The summed E-state index contributed by atoms with van der Waals surface area (Å²) in [7, 11) is 3.75. The number of nitrogens with one attached hydrogen (secondary N) is 1. The molecule has 2 aromatic rings. The third kappa shape index (κ3) is 3.79. The fourth-order valence-electron chi connectivity index (χ4n) is 1.93. The Morgan fingerprint density at radius 1 is 1.40 bits per heavy atom. The molecule has 4 nitrogen and oxygen atoms in total. The third-order valence-corrected chi connectivity index (χ3v) is 3.88. The van der Waals surface area contributed by atoms with Crippen LogP contribution in [0.2, 0.25) is 5.02 Å². The van der Waals surface area contributed by atoms with Crippen LogP contribution in [-0.4, -0.2) is 29.9 Å². The van der Waals surface area contributed by atoms with Crippen molar-refractivity contribution in [2.75, 3.05) is 14.1 Å². The van der Waals surface area contributed by atoms with Gasteiger partial charge in [0.15, 0.2) is 0 Å². The van der Waals surface area contributed by atoms with Crippen LogP contribution in [0.25, 0.3) is 0 Å². The smallest absolute Gasteiger partial charge is 0.242 e. The lowest BCUT2D eigenvalue weighted by atomic mass is 10.1. The number of amides is 1. The topological polar surface area (TPSA) is 45.2 Å². The lowest BCUT2D eigenvalue weighted by Gasteiger charge is -2.23. The molecule has 1 unspecified atom stereocenters. The van der Waals surface area contributed by atoms with E-state index in [-0.39, 0.29) is 11.9 Å². The van der Waals surface area contributed by atoms with Gasteiger partial charge in [-0.25, -0.2) is 4.98 Å². The highest BCUT2D eigenvalue weighted by Gasteiger charge is 2.22. The van der Waals surface area contributed by atoms with E-state index in [9.17, 15) is 4.79 Å². The van der Waals surface area contributed by atoms with Crippen molar-refractivity contribution in [1.29, 1.82) is 0 Å². The summed E-state index contributed by atoms with van der Waals surface area (Å²) in [6, 6.07) is 6.99. The first-order valence-electron chi connectivity index (χ1n) is 6.16. The molecule has 0 aliphatic rings. The van der Waals surface area contributed by atoms with Crippen molar-refractivity contribution in [2.45, 2.75) is 12.6 Å². The van der Waals surface area contributed by atoms with Crippen LogP contribution in [0, 0.1) is 0 Å². The van der Waals surface area contributed by atoms with Crippen LogP contribution in [0.5, 0.6) is 0 Å². The number of likely N-dealkylation sites (N-methyl/N-ethyl adjacent to an activating group) is 1. The zero-order chi connectivity index (χ0) is 14.5. The molecule has 1 aromatic carbocycles. The monoisotopic (exact) mass is 309 g/mol. The number of benzene rings is 1. The lowest BCUT2D eigenvalue weighted by molar-refractivity contribution is -0.125. The van der Waals surface area contributed by atoms with E-state index < -0.39 is 0 Å². The minimum absolute atomic E-state index is 0.0486. The van der Waals surface area contributed by atoms with Gasteiger partial charge < -0.3 is 5.32 Å². The molecular formula is C14H16ClN3OS. The van der Waals surface area contributed by atoms with Gasteiger partial charge in [-0.1, -0.05) is 23.7 Å². The Balaban J connectivity index is 2.08. The highest BCUT2D eigenvalue weighted by molar-refractivity contribution is 7.09. The van der Waals surface area contributed by atoms with Gasteiger partial charge in [0.05, 0.1) is 6.54 Å². The molecule has 6 heteroatoms. The van der Waals surface area contributed by atoms with Crippen molar-refractivity contribution in [3.05, 3.63) is 51.4 Å². The predicted octanol–water partition coefficient (Wildman–Crippen LogP) is 2.72. The second-order valence-electron chi connectivity index (χ2n) is 4.56. The summed E-state index contributed by atoms with van der Waals surface area (Å²) in [6.07, 6.45) is 1.73. The number of halogens is 1. The molecule has 20 heavy (non-hydrogen) atoms. The number of carbonyl (C=O) groups excluding carboxylic acids is 1. The molecule has 2 rings (SSSR count). The van der Waals surface area contributed by atoms with Gasteiger partial charge in [-0.15, -0.1) is 11.3 Å². The van der Waals surface area contributed by atoms with Crippen molar-refractivity contribution in [1.82, 2.24) is 15.2 Å². The summed E-state index contributed by atoms with van der Waals surface area (Å²) in [5.41, 5.74) is 0.913. The van der Waals surface area contributed by atoms with E-state index in [0.29, 0.717) is 11.6 Å². The first-order valence-corrected chi connectivity index (χ1v) is 7.41. The summed E-state index contributed by atoms with van der Waals surface area (Å²) >= 11 is 7.41. The van der Waals surface area contributed by atoms with Crippen LogP contribution in [0.3, 0.4) is 0 Å². The minimum atomic E-state index is -0.341. The van der Waals surface area contributed by atoms with E-state index >= 15 is 0 Å². The molecule has 1 heterocycles.